The number of anilines is 1. The third-order valence-corrected chi connectivity index (χ3v) is 3.70. The molecular formula is C18H22N2O2. The number of rotatable bonds is 5. The molecule has 0 radical (unpaired) electrons. The van der Waals surface area contributed by atoms with Crippen molar-refractivity contribution in [3.05, 3.63) is 47.7 Å². The lowest BCUT2D eigenvalue weighted by molar-refractivity contribution is -0.110. The maximum Gasteiger partial charge on any atom is 0.182 e. The molecule has 1 aliphatic rings. The van der Waals surface area contributed by atoms with Crippen LogP contribution >= 0.6 is 0 Å². The van der Waals surface area contributed by atoms with Gasteiger partial charge in [0.25, 0.3) is 0 Å². The van der Waals surface area contributed by atoms with Gasteiger partial charge in [-0.05, 0) is 56.7 Å². The average Bonchev–Trinajstić information content (AvgIpc) is 2.52. The molecule has 1 aromatic carbocycles. The molecule has 4 heteroatoms. The van der Waals surface area contributed by atoms with E-state index in [4.69, 9.17) is 4.74 Å². The van der Waals surface area contributed by atoms with Crippen LogP contribution in [-0.2, 0) is 9.53 Å². The summed E-state index contributed by atoms with van der Waals surface area (Å²) in [5, 5.41) is 0. The summed E-state index contributed by atoms with van der Waals surface area (Å²) in [5.74, 6) is 0.420. The van der Waals surface area contributed by atoms with Crippen LogP contribution in [0, 0.1) is 6.92 Å². The quantitative estimate of drug-likeness (QED) is 0.780. The van der Waals surface area contributed by atoms with Crippen LogP contribution in [0.5, 0.6) is 0 Å². The normalized spacial score (nSPS) is 15.9. The molecule has 22 heavy (non-hydrogen) atoms. The van der Waals surface area contributed by atoms with E-state index in [0.29, 0.717) is 11.5 Å². The number of nitrogens with zero attached hydrogens (tertiary/aromatic N) is 2. The van der Waals surface area contributed by atoms with Gasteiger partial charge in [0.05, 0.1) is 12.8 Å². The Balaban J connectivity index is 2.34. The van der Waals surface area contributed by atoms with E-state index < -0.39 is 0 Å². The highest BCUT2D eigenvalue weighted by Crippen LogP contribution is 2.26. The lowest BCUT2D eigenvalue weighted by atomic mass is 10.1. The van der Waals surface area contributed by atoms with Crippen LogP contribution in [0.4, 0.5) is 11.4 Å². The van der Waals surface area contributed by atoms with Gasteiger partial charge in [-0.25, -0.2) is 4.99 Å². The third-order valence-electron chi connectivity index (χ3n) is 3.70. The second-order valence-electron chi connectivity index (χ2n) is 5.09. The Hall–Kier alpha value is -2.36. The van der Waals surface area contributed by atoms with Gasteiger partial charge in [-0.1, -0.05) is 0 Å². The second-order valence-corrected chi connectivity index (χ2v) is 5.09. The molecule has 0 N–H and O–H groups in total. The predicted molar refractivity (Wildman–Crippen MR) is 91.1 cm³/mol. The molecular weight excluding hydrogens is 276 g/mol. The molecule has 0 spiro atoms. The van der Waals surface area contributed by atoms with Crippen molar-refractivity contribution in [3.8, 4) is 0 Å². The Morgan fingerprint density at radius 3 is 2.50 bits per heavy atom. The van der Waals surface area contributed by atoms with Crippen molar-refractivity contribution in [1.82, 2.24) is 0 Å². The van der Waals surface area contributed by atoms with E-state index in [1.54, 1.807) is 13.2 Å². The highest BCUT2D eigenvalue weighted by Gasteiger charge is 2.13. The van der Waals surface area contributed by atoms with E-state index in [2.05, 4.69) is 35.9 Å². The van der Waals surface area contributed by atoms with Crippen molar-refractivity contribution in [2.45, 2.75) is 20.8 Å². The van der Waals surface area contributed by atoms with Crippen molar-refractivity contribution in [2.75, 3.05) is 25.1 Å². The first kappa shape index (κ1) is 16.0. The molecule has 2 rings (SSSR count). The molecule has 116 valence electrons. The SMILES string of the molecule is CCN(CC)c1ccc(N=C2C=CC(=O)C=C2OC)c(C)c1. The summed E-state index contributed by atoms with van der Waals surface area (Å²) in [6.45, 7) is 8.29. The zero-order valence-corrected chi connectivity index (χ0v) is 13.6. The molecule has 0 fully saturated rings. The Bertz CT molecular complexity index is 653. The maximum absolute atomic E-state index is 11.4. The number of aryl methyl sites for hydroxylation is 1. The largest absolute Gasteiger partial charge is 0.494 e. The highest BCUT2D eigenvalue weighted by atomic mass is 16.5. The van der Waals surface area contributed by atoms with Gasteiger partial charge in [-0.2, -0.15) is 0 Å². The Kier molecular flexibility index (Phi) is 5.15. The fraction of sp³-hybridized carbons (Fsp3) is 0.333. The van der Waals surface area contributed by atoms with Crippen molar-refractivity contribution in [3.63, 3.8) is 0 Å². The molecule has 4 nitrogen and oxygen atoms in total. The van der Waals surface area contributed by atoms with Gasteiger partial charge in [-0.3, -0.25) is 4.79 Å². The summed E-state index contributed by atoms with van der Waals surface area (Å²) in [6, 6.07) is 6.22. The third kappa shape index (κ3) is 3.45. The van der Waals surface area contributed by atoms with E-state index in [9.17, 15) is 4.79 Å². The van der Waals surface area contributed by atoms with Crippen molar-refractivity contribution < 1.29 is 9.53 Å². The minimum Gasteiger partial charge on any atom is -0.494 e. The van der Waals surface area contributed by atoms with Gasteiger partial charge in [0, 0.05) is 24.9 Å². The molecule has 0 atom stereocenters. The van der Waals surface area contributed by atoms with Crippen molar-refractivity contribution >= 4 is 22.9 Å². The molecule has 0 unspecified atom stereocenters. The van der Waals surface area contributed by atoms with Crippen LogP contribution in [-0.4, -0.2) is 31.7 Å². The summed E-state index contributed by atoms with van der Waals surface area (Å²) in [4.78, 5) is 18.3. The van der Waals surface area contributed by atoms with Gasteiger partial charge < -0.3 is 9.64 Å². The zero-order valence-electron chi connectivity index (χ0n) is 13.6. The molecule has 0 saturated carbocycles. The average molecular weight is 298 g/mol. The molecule has 0 amide bonds. The Morgan fingerprint density at radius 1 is 1.18 bits per heavy atom. The first-order valence-electron chi connectivity index (χ1n) is 7.51. The van der Waals surface area contributed by atoms with Crippen LogP contribution in [0.25, 0.3) is 0 Å². The number of ether oxygens (including phenoxy) is 1. The summed E-state index contributed by atoms with van der Waals surface area (Å²) >= 11 is 0. The summed E-state index contributed by atoms with van der Waals surface area (Å²) in [5.41, 5.74) is 3.84. The van der Waals surface area contributed by atoms with Gasteiger partial charge >= 0.3 is 0 Å². The topological polar surface area (TPSA) is 41.9 Å². The number of benzene rings is 1. The number of hydrogen-bond acceptors (Lipinski definition) is 4. The smallest absolute Gasteiger partial charge is 0.182 e. The predicted octanol–water partition coefficient (Wildman–Crippen LogP) is 3.58. The number of allylic oxidation sites excluding steroid dienone is 3. The van der Waals surface area contributed by atoms with Crippen LogP contribution < -0.4 is 4.90 Å². The summed E-state index contributed by atoms with van der Waals surface area (Å²) in [6.07, 6.45) is 4.65. The first-order chi connectivity index (χ1) is 10.6. The van der Waals surface area contributed by atoms with Crippen molar-refractivity contribution in [1.29, 1.82) is 0 Å². The minimum absolute atomic E-state index is 0.0793. The minimum atomic E-state index is -0.0793. The zero-order chi connectivity index (χ0) is 16.1. The lowest BCUT2D eigenvalue weighted by Gasteiger charge is -2.21. The van der Waals surface area contributed by atoms with Crippen LogP contribution in [0.1, 0.15) is 19.4 Å². The standard InChI is InChI=1S/C18H22N2O2/c1-5-20(6-2)14-7-9-16(13(3)11-14)19-17-10-8-15(21)12-18(17)22-4/h7-12H,5-6H2,1-4H3. The van der Waals surface area contributed by atoms with Crippen molar-refractivity contribution in [2.24, 2.45) is 4.99 Å². The fourth-order valence-corrected chi connectivity index (χ4v) is 2.43. The van der Waals surface area contributed by atoms with Gasteiger partial charge in [0.15, 0.2) is 5.78 Å². The number of methoxy groups -OCH3 is 1. The molecule has 0 aliphatic heterocycles. The molecule has 0 heterocycles. The number of ketones is 1. The molecule has 0 bridgehead atoms. The van der Waals surface area contributed by atoms with E-state index >= 15 is 0 Å². The molecule has 1 aliphatic carbocycles. The monoisotopic (exact) mass is 298 g/mol. The Labute approximate surface area is 131 Å². The first-order valence-corrected chi connectivity index (χ1v) is 7.51. The fourth-order valence-electron chi connectivity index (χ4n) is 2.43. The van der Waals surface area contributed by atoms with E-state index in [0.717, 1.165) is 24.3 Å². The summed E-state index contributed by atoms with van der Waals surface area (Å²) < 4.78 is 5.23. The molecule has 0 aromatic heterocycles. The number of aliphatic imine (C=N–C) groups is 1. The van der Waals surface area contributed by atoms with E-state index in [-0.39, 0.29) is 5.78 Å². The Morgan fingerprint density at radius 2 is 1.91 bits per heavy atom. The number of hydrogen-bond donors (Lipinski definition) is 0. The summed E-state index contributed by atoms with van der Waals surface area (Å²) in [7, 11) is 1.55. The molecule has 1 aromatic rings. The van der Waals surface area contributed by atoms with Gasteiger partial charge in [0.1, 0.15) is 11.5 Å². The van der Waals surface area contributed by atoms with Gasteiger partial charge in [0.2, 0.25) is 0 Å². The van der Waals surface area contributed by atoms with Gasteiger partial charge in [-0.15, -0.1) is 0 Å². The van der Waals surface area contributed by atoms with E-state index in [1.165, 1.54) is 17.8 Å². The van der Waals surface area contributed by atoms with E-state index in [1.807, 2.05) is 13.0 Å². The lowest BCUT2D eigenvalue weighted by Crippen LogP contribution is -2.21. The second kappa shape index (κ2) is 7.07. The number of carbonyl (C=O) groups excluding carboxylic acids is 1. The highest BCUT2D eigenvalue weighted by molar-refractivity contribution is 6.19. The van der Waals surface area contributed by atoms with Crippen LogP contribution in [0.3, 0.4) is 0 Å². The van der Waals surface area contributed by atoms with Crippen LogP contribution in [0.15, 0.2) is 47.2 Å². The molecule has 0 saturated heterocycles. The van der Waals surface area contributed by atoms with Crippen LogP contribution in [0.2, 0.25) is 0 Å². The number of carbonyl (C=O) groups is 1. The maximum atomic E-state index is 11.4.